The first kappa shape index (κ1) is 37.1. The van der Waals surface area contributed by atoms with E-state index in [1.165, 1.54) is 37.3 Å². The number of piperidine rings is 3. The second-order valence-corrected chi connectivity index (χ2v) is 13.6. The van der Waals surface area contributed by atoms with Crippen LogP contribution in [0.2, 0.25) is 10.0 Å². The fourth-order valence-corrected chi connectivity index (χ4v) is 7.24. The predicted octanol–water partition coefficient (Wildman–Crippen LogP) is 7.96. The van der Waals surface area contributed by atoms with Gasteiger partial charge in [-0.25, -0.2) is 18.4 Å². The number of pyridine rings is 1. The molecule has 1 amide bonds. The molecule has 10 nitrogen and oxygen atoms in total. The second kappa shape index (κ2) is 16.4. The number of aromatic nitrogens is 1. The SMILES string of the molecule is COc1ccc(C(Cc2c(Cl)c[n+]([O-])cc2Cl)OC(=O)c2ccc(CN(C(=O)O[C@H]3CN4CCC3CC4)c3cccc(C(F)F)c3)cc2)cc1OC. The van der Waals surface area contributed by atoms with E-state index in [0.717, 1.165) is 38.3 Å². The number of ether oxygens (including phenoxy) is 4. The quantitative estimate of drug-likeness (QED) is 0.0816. The number of methoxy groups -OCH3 is 2. The lowest BCUT2D eigenvalue weighted by Crippen LogP contribution is -2.53. The Morgan fingerprint density at radius 1 is 0.942 bits per heavy atom. The molecule has 3 aromatic carbocycles. The first-order valence-electron chi connectivity index (χ1n) is 16.7. The van der Waals surface area contributed by atoms with Gasteiger partial charge in [0, 0.05) is 29.8 Å². The maximum atomic E-state index is 13.7. The van der Waals surface area contributed by atoms with Gasteiger partial charge in [0.2, 0.25) is 0 Å². The van der Waals surface area contributed by atoms with Gasteiger partial charge in [-0.1, -0.05) is 53.5 Å². The molecule has 4 heterocycles. The summed E-state index contributed by atoms with van der Waals surface area (Å²) in [6.07, 6.45) is -0.312. The highest BCUT2D eigenvalue weighted by molar-refractivity contribution is 6.35. The van der Waals surface area contributed by atoms with Crippen molar-refractivity contribution in [3.05, 3.63) is 122 Å². The number of nitrogens with zero attached hydrogens (tertiary/aromatic N) is 3. The van der Waals surface area contributed by atoms with Gasteiger partial charge in [-0.3, -0.25) is 9.80 Å². The van der Waals surface area contributed by atoms with Gasteiger partial charge in [-0.05, 0) is 79.4 Å². The predicted molar refractivity (Wildman–Crippen MR) is 190 cm³/mol. The van der Waals surface area contributed by atoms with Gasteiger partial charge >= 0.3 is 12.1 Å². The maximum Gasteiger partial charge on any atom is 0.414 e. The average molecular weight is 757 g/mol. The number of hydrogen-bond donors (Lipinski definition) is 0. The van der Waals surface area contributed by atoms with Crippen LogP contribution in [0.1, 0.15) is 58.0 Å². The molecule has 1 unspecified atom stereocenters. The fraction of sp³-hybridized carbons (Fsp3) is 0.342. The van der Waals surface area contributed by atoms with Crippen molar-refractivity contribution in [2.45, 2.75) is 44.4 Å². The smallest absolute Gasteiger partial charge is 0.414 e. The Morgan fingerprint density at radius 2 is 1.63 bits per heavy atom. The third kappa shape index (κ3) is 8.52. The van der Waals surface area contributed by atoms with E-state index in [4.69, 9.17) is 42.1 Å². The molecule has 3 saturated heterocycles. The summed E-state index contributed by atoms with van der Waals surface area (Å²) in [6.45, 7) is 2.58. The zero-order valence-corrected chi connectivity index (χ0v) is 30.0. The van der Waals surface area contributed by atoms with E-state index in [-0.39, 0.29) is 51.8 Å². The molecule has 3 aliphatic heterocycles. The number of amides is 1. The summed E-state index contributed by atoms with van der Waals surface area (Å²) < 4.78 is 50.6. The minimum absolute atomic E-state index is 0.000933. The summed E-state index contributed by atoms with van der Waals surface area (Å²) in [7, 11) is 2.98. The Labute approximate surface area is 309 Å². The lowest BCUT2D eigenvalue weighted by Gasteiger charge is -2.44. The van der Waals surface area contributed by atoms with Crippen molar-refractivity contribution in [2.24, 2.45) is 5.92 Å². The van der Waals surface area contributed by atoms with Crippen LogP contribution < -0.4 is 19.1 Å². The summed E-state index contributed by atoms with van der Waals surface area (Å²) in [5, 5.41) is 12.1. The molecule has 0 aliphatic carbocycles. The van der Waals surface area contributed by atoms with Gasteiger partial charge in [-0.15, -0.1) is 0 Å². The molecule has 2 atom stereocenters. The monoisotopic (exact) mass is 755 g/mol. The van der Waals surface area contributed by atoms with Crippen molar-refractivity contribution >= 4 is 41.0 Å². The van der Waals surface area contributed by atoms with Crippen LogP contribution in [0, 0.1) is 11.1 Å². The number of fused-ring (bicyclic) bond motifs is 3. The molecular formula is C38H37Cl2F2N3O7. The molecule has 3 fully saturated rings. The zero-order chi connectivity index (χ0) is 36.9. The van der Waals surface area contributed by atoms with E-state index in [9.17, 15) is 23.6 Å². The van der Waals surface area contributed by atoms with Crippen molar-refractivity contribution < 1.29 is 42.0 Å². The summed E-state index contributed by atoms with van der Waals surface area (Å²) in [4.78, 5) is 30.9. The highest BCUT2D eigenvalue weighted by Crippen LogP contribution is 2.36. The van der Waals surface area contributed by atoms with Gasteiger partial charge in [0.05, 0.1) is 26.3 Å². The lowest BCUT2D eigenvalue weighted by atomic mass is 9.86. The van der Waals surface area contributed by atoms with Crippen LogP contribution in [0.3, 0.4) is 0 Å². The molecule has 3 aliphatic rings. The Hall–Kier alpha value is -4.65. The Bertz CT molecular complexity index is 1890. The van der Waals surface area contributed by atoms with E-state index in [2.05, 4.69) is 4.90 Å². The number of esters is 1. The Morgan fingerprint density at radius 3 is 2.25 bits per heavy atom. The Balaban J connectivity index is 1.23. The highest BCUT2D eigenvalue weighted by Gasteiger charge is 2.37. The van der Waals surface area contributed by atoms with Crippen molar-refractivity contribution in [3.63, 3.8) is 0 Å². The third-order valence-corrected chi connectivity index (χ3v) is 10.2. The topological polar surface area (TPSA) is 104 Å². The van der Waals surface area contributed by atoms with Gasteiger partial charge in [0.25, 0.3) is 6.43 Å². The van der Waals surface area contributed by atoms with Crippen LogP contribution in [0.15, 0.2) is 79.1 Å². The fourth-order valence-electron chi connectivity index (χ4n) is 6.64. The normalized spacial score (nSPS) is 18.5. The number of alkyl halides is 2. The van der Waals surface area contributed by atoms with E-state index in [0.29, 0.717) is 39.5 Å². The molecule has 274 valence electrons. The minimum Gasteiger partial charge on any atom is -0.619 e. The van der Waals surface area contributed by atoms with Gasteiger partial charge < -0.3 is 24.2 Å². The highest BCUT2D eigenvalue weighted by atomic mass is 35.5. The minimum atomic E-state index is -2.72. The number of carbonyl (C=O) groups excluding carboxylic acids is 2. The van der Waals surface area contributed by atoms with E-state index < -0.39 is 24.6 Å². The van der Waals surface area contributed by atoms with Crippen molar-refractivity contribution in [2.75, 3.05) is 38.8 Å². The van der Waals surface area contributed by atoms with Crippen molar-refractivity contribution in [1.29, 1.82) is 0 Å². The molecule has 0 radical (unpaired) electrons. The number of anilines is 1. The Kier molecular flexibility index (Phi) is 11.7. The van der Waals surface area contributed by atoms with Crippen molar-refractivity contribution in [3.8, 4) is 11.5 Å². The first-order chi connectivity index (χ1) is 25.0. The molecular weight excluding hydrogens is 719 g/mol. The molecule has 0 saturated carbocycles. The van der Waals surface area contributed by atoms with Crippen LogP contribution in [0.25, 0.3) is 0 Å². The second-order valence-electron chi connectivity index (χ2n) is 12.7. The van der Waals surface area contributed by atoms with Gasteiger partial charge in [-0.2, -0.15) is 4.73 Å². The van der Waals surface area contributed by atoms with Gasteiger partial charge in [0.1, 0.15) is 22.3 Å². The van der Waals surface area contributed by atoms with E-state index in [1.54, 1.807) is 48.5 Å². The summed E-state index contributed by atoms with van der Waals surface area (Å²) >= 11 is 12.8. The molecule has 14 heteroatoms. The maximum absolute atomic E-state index is 13.7. The van der Waals surface area contributed by atoms with E-state index >= 15 is 0 Å². The first-order valence-corrected chi connectivity index (χ1v) is 17.5. The molecule has 7 rings (SSSR count). The van der Waals surface area contributed by atoms with Crippen molar-refractivity contribution in [1.82, 2.24) is 4.90 Å². The molecule has 1 aromatic heterocycles. The van der Waals surface area contributed by atoms with E-state index in [1.807, 2.05) is 0 Å². The summed E-state index contributed by atoms with van der Waals surface area (Å²) in [6, 6.07) is 17.1. The number of rotatable bonds is 12. The van der Waals surface area contributed by atoms with Gasteiger partial charge in [0.15, 0.2) is 23.9 Å². The van der Waals surface area contributed by atoms with Crippen LogP contribution in [-0.4, -0.2) is 56.9 Å². The number of benzene rings is 3. The summed E-state index contributed by atoms with van der Waals surface area (Å²) in [5.74, 6) is 0.464. The molecule has 52 heavy (non-hydrogen) atoms. The standard InChI is InChI=1S/C38H37Cl2F2N3O7/c1-49-32-11-10-26(17-34(32)50-2)33(18-29-30(39)20-44(48)21-31(29)40)51-37(46)25-8-6-23(7-9-25)19-45(28-5-3-4-27(16-28)36(41)42)38(47)52-35-22-43-14-12-24(35)13-15-43/h3-11,16-17,20-21,24,33,35-36H,12-15,18-19,22H2,1-2H3/t33?,35-/m0/s1. The number of carbonyl (C=O) groups is 2. The van der Waals surface area contributed by atoms with Crippen LogP contribution in [0.5, 0.6) is 11.5 Å². The number of hydrogen-bond acceptors (Lipinski definition) is 8. The number of halogens is 4. The molecule has 0 spiro atoms. The van der Waals surface area contributed by atoms with Crippen LogP contribution >= 0.6 is 23.2 Å². The molecule has 0 N–H and O–H groups in total. The third-order valence-electron chi connectivity index (χ3n) is 9.51. The average Bonchev–Trinajstić information content (AvgIpc) is 3.15. The van der Waals surface area contributed by atoms with Crippen LogP contribution in [0.4, 0.5) is 19.3 Å². The zero-order valence-electron chi connectivity index (χ0n) is 28.5. The van der Waals surface area contributed by atoms with Crippen LogP contribution in [-0.2, 0) is 22.4 Å². The largest absolute Gasteiger partial charge is 0.619 e. The lowest BCUT2D eigenvalue weighted by molar-refractivity contribution is -0.605. The molecule has 4 aromatic rings. The molecule has 2 bridgehead atoms. The summed E-state index contributed by atoms with van der Waals surface area (Å²) in [5.41, 5.74) is 1.83.